The summed E-state index contributed by atoms with van der Waals surface area (Å²) in [7, 11) is 0. The molecule has 36 heavy (non-hydrogen) atoms. The minimum atomic E-state index is -0.681. The molecule has 1 heterocycles. The van der Waals surface area contributed by atoms with Crippen LogP contribution in [0.4, 0.5) is 5.69 Å². The maximum atomic E-state index is 12.5. The Kier molecular flexibility index (Phi) is 7.71. The molecule has 8 nitrogen and oxygen atoms in total. The van der Waals surface area contributed by atoms with Crippen molar-refractivity contribution in [2.24, 2.45) is 4.99 Å². The molecule has 0 radical (unpaired) electrons. The second-order valence-electron chi connectivity index (χ2n) is 7.69. The number of nitro groups is 1. The molecule has 0 fully saturated rings. The molecule has 1 aliphatic heterocycles. The molecule has 0 aromatic heterocycles. The maximum Gasteiger partial charge on any atom is 0.363 e. The van der Waals surface area contributed by atoms with E-state index < -0.39 is 10.9 Å². The number of ether oxygens (including phenoxy) is 3. The fraction of sp³-hybridized carbons (Fsp3) is 0.154. The van der Waals surface area contributed by atoms with Gasteiger partial charge in [0.25, 0.3) is 5.69 Å². The zero-order chi connectivity index (χ0) is 25.8. The van der Waals surface area contributed by atoms with Gasteiger partial charge >= 0.3 is 5.97 Å². The molecule has 0 aliphatic carbocycles. The van der Waals surface area contributed by atoms with Gasteiger partial charge in [0.1, 0.15) is 6.61 Å². The topological polar surface area (TPSA) is 100 Å². The Hall–Kier alpha value is -3.69. The van der Waals surface area contributed by atoms with Crippen LogP contribution in [0.15, 0.2) is 69.8 Å². The third-order valence-electron chi connectivity index (χ3n) is 5.32. The zero-order valence-electron chi connectivity index (χ0n) is 19.3. The van der Waals surface area contributed by atoms with Crippen molar-refractivity contribution in [3.8, 4) is 11.5 Å². The van der Waals surface area contributed by atoms with Crippen molar-refractivity contribution in [2.45, 2.75) is 20.5 Å². The maximum absolute atomic E-state index is 12.5. The van der Waals surface area contributed by atoms with Gasteiger partial charge in [0.2, 0.25) is 5.90 Å². The third-order valence-corrected chi connectivity index (χ3v) is 6.37. The van der Waals surface area contributed by atoms with Crippen molar-refractivity contribution in [3.63, 3.8) is 0 Å². The minimum absolute atomic E-state index is 0.00281. The smallest absolute Gasteiger partial charge is 0.363 e. The van der Waals surface area contributed by atoms with Crippen LogP contribution in [0.3, 0.4) is 0 Å². The number of nitro benzene ring substituents is 1. The number of hydrogen-bond acceptors (Lipinski definition) is 7. The van der Waals surface area contributed by atoms with Gasteiger partial charge in [0, 0.05) is 27.2 Å². The number of hydrogen-bond donors (Lipinski definition) is 0. The summed E-state index contributed by atoms with van der Waals surface area (Å²) in [5.41, 5.74) is 2.14. The van der Waals surface area contributed by atoms with Crippen LogP contribution in [0.5, 0.6) is 11.5 Å². The van der Waals surface area contributed by atoms with E-state index >= 15 is 0 Å². The Morgan fingerprint density at radius 1 is 1.17 bits per heavy atom. The molecular weight excluding hydrogens is 552 g/mol. The zero-order valence-corrected chi connectivity index (χ0v) is 21.6. The molecule has 3 aromatic rings. The van der Waals surface area contributed by atoms with Crippen LogP contribution >= 0.6 is 27.5 Å². The lowest BCUT2D eigenvalue weighted by Crippen LogP contribution is -2.08. The number of aliphatic imine (C=N–C) groups is 1. The molecule has 0 bridgehead atoms. The van der Waals surface area contributed by atoms with Crippen LogP contribution in [0, 0.1) is 17.0 Å². The van der Waals surface area contributed by atoms with E-state index in [2.05, 4.69) is 20.9 Å². The van der Waals surface area contributed by atoms with E-state index in [0.29, 0.717) is 39.8 Å². The molecule has 0 amide bonds. The highest BCUT2D eigenvalue weighted by atomic mass is 79.9. The first-order chi connectivity index (χ1) is 17.3. The lowest BCUT2D eigenvalue weighted by molar-refractivity contribution is -0.385. The largest absolute Gasteiger partial charge is 0.490 e. The standard InChI is InChI=1S/C26H20BrClN2O6/c1-3-34-23-13-16(11-20(28)24(23)35-14-17-7-4-5-9-19(17)27)12-21-26(31)36-25(29-21)18-8-6-10-22(15(18)2)30(32)33/h4-13H,3,14H2,1-2H3/b21-12-. The summed E-state index contributed by atoms with van der Waals surface area (Å²) in [6.45, 7) is 4.05. The van der Waals surface area contributed by atoms with Crippen LogP contribution in [0.2, 0.25) is 5.02 Å². The lowest BCUT2D eigenvalue weighted by atomic mass is 10.1. The van der Waals surface area contributed by atoms with E-state index in [1.54, 1.807) is 25.1 Å². The van der Waals surface area contributed by atoms with E-state index in [9.17, 15) is 14.9 Å². The first-order valence-corrected chi connectivity index (χ1v) is 12.0. The van der Waals surface area contributed by atoms with Crippen molar-refractivity contribution >= 4 is 51.2 Å². The highest BCUT2D eigenvalue weighted by molar-refractivity contribution is 9.10. The van der Waals surface area contributed by atoms with Gasteiger partial charge in [0.15, 0.2) is 17.2 Å². The first kappa shape index (κ1) is 25.4. The average Bonchev–Trinajstić information content (AvgIpc) is 3.19. The number of nitrogens with zero attached hydrogens (tertiary/aromatic N) is 2. The fourth-order valence-electron chi connectivity index (χ4n) is 3.57. The van der Waals surface area contributed by atoms with E-state index in [1.165, 1.54) is 18.2 Å². The summed E-state index contributed by atoms with van der Waals surface area (Å²) < 4.78 is 17.9. The number of halogens is 2. The van der Waals surface area contributed by atoms with Gasteiger partial charge in [0.05, 0.1) is 16.6 Å². The van der Waals surface area contributed by atoms with Crippen LogP contribution in [-0.4, -0.2) is 23.4 Å². The number of carbonyl (C=O) groups is 1. The summed E-state index contributed by atoms with van der Waals surface area (Å²) in [5.74, 6) is 0.104. The average molecular weight is 572 g/mol. The molecule has 0 N–H and O–H groups in total. The van der Waals surface area contributed by atoms with Crippen LogP contribution < -0.4 is 9.47 Å². The third kappa shape index (κ3) is 5.42. The SMILES string of the molecule is CCOc1cc(/C=C2\N=C(c3cccc([N+](=O)[O-])c3C)OC2=O)cc(Cl)c1OCc1ccccc1Br. The molecule has 1 aliphatic rings. The van der Waals surface area contributed by atoms with Crippen LogP contribution in [0.1, 0.15) is 29.2 Å². The molecule has 0 atom stereocenters. The molecule has 0 unspecified atom stereocenters. The van der Waals surface area contributed by atoms with Crippen molar-refractivity contribution in [2.75, 3.05) is 6.61 Å². The van der Waals surface area contributed by atoms with Crippen molar-refractivity contribution in [1.29, 1.82) is 0 Å². The van der Waals surface area contributed by atoms with Gasteiger partial charge in [-0.2, -0.15) is 0 Å². The normalized spacial score (nSPS) is 13.9. The quantitative estimate of drug-likeness (QED) is 0.130. The molecule has 0 spiro atoms. The van der Waals surface area contributed by atoms with E-state index in [-0.39, 0.29) is 23.9 Å². The Morgan fingerprint density at radius 2 is 1.94 bits per heavy atom. The molecule has 10 heteroatoms. The second-order valence-corrected chi connectivity index (χ2v) is 8.95. The van der Waals surface area contributed by atoms with Gasteiger partial charge in [-0.05, 0) is 49.8 Å². The molecule has 0 saturated heterocycles. The van der Waals surface area contributed by atoms with Crippen molar-refractivity contribution < 1.29 is 23.9 Å². The summed E-state index contributed by atoms with van der Waals surface area (Å²) in [4.78, 5) is 27.5. The number of benzene rings is 3. The van der Waals surface area contributed by atoms with Gasteiger partial charge in [-0.3, -0.25) is 10.1 Å². The second kappa shape index (κ2) is 10.9. The van der Waals surface area contributed by atoms with Gasteiger partial charge < -0.3 is 14.2 Å². The van der Waals surface area contributed by atoms with Crippen molar-refractivity contribution in [3.05, 3.63) is 102 Å². The lowest BCUT2D eigenvalue weighted by Gasteiger charge is -2.15. The van der Waals surface area contributed by atoms with Gasteiger partial charge in [-0.25, -0.2) is 9.79 Å². The molecular formula is C26H20BrClN2O6. The van der Waals surface area contributed by atoms with Gasteiger partial charge in [-0.15, -0.1) is 0 Å². The summed E-state index contributed by atoms with van der Waals surface area (Å²) >= 11 is 10.0. The van der Waals surface area contributed by atoms with Crippen LogP contribution in [-0.2, 0) is 16.1 Å². The van der Waals surface area contributed by atoms with Crippen LogP contribution in [0.25, 0.3) is 6.08 Å². The molecule has 0 saturated carbocycles. The summed E-state index contributed by atoms with van der Waals surface area (Å²) in [6, 6.07) is 15.5. The predicted octanol–water partition coefficient (Wildman–Crippen LogP) is 6.64. The predicted molar refractivity (Wildman–Crippen MR) is 140 cm³/mol. The number of esters is 1. The molecule has 184 valence electrons. The Bertz CT molecular complexity index is 1420. The van der Waals surface area contributed by atoms with E-state index in [1.807, 2.05) is 31.2 Å². The van der Waals surface area contributed by atoms with E-state index in [0.717, 1.165) is 10.0 Å². The minimum Gasteiger partial charge on any atom is -0.490 e. The highest BCUT2D eigenvalue weighted by Crippen LogP contribution is 2.38. The Labute approximate surface area is 220 Å². The number of cyclic esters (lactones) is 1. The number of rotatable bonds is 8. The molecule has 3 aromatic carbocycles. The van der Waals surface area contributed by atoms with Gasteiger partial charge in [-0.1, -0.05) is 51.8 Å². The Balaban J connectivity index is 1.65. The van der Waals surface area contributed by atoms with Crippen molar-refractivity contribution in [1.82, 2.24) is 0 Å². The molecule has 4 rings (SSSR count). The summed E-state index contributed by atoms with van der Waals surface area (Å²) in [5, 5.41) is 11.6. The van der Waals surface area contributed by atoms with E-state index in [4.69, 9.17) is 25.8 Å². The monoisotopic (exact) mass is 570 g/mol. The summed E-state index contributed by atoms with van der Waals surface area (Å²) in [6.07, 6.45) is 1.51. The fourth-order valence-corrected chi connectivity index (χ4v) is 4.25. The Morgan fingerprint density at radius 3 is 2.67 bits per heavy atom. The highest BCUT2D eigenvalue weighted by Gasteiger charge is 2.27. The number of carbonyl (C=O) groups excluding carboxylic acids is 1. The first-order valence-electron chi connectivity index (χ1n) is 10.9.